The lowest BCUT2D eigenvalue weighted by atomic mass is 10.2. The molecule has 1 aliphatic rings. The standard InChI is InChI=1S/C18H18N6O2/c25-18(14-10-15(21-12-20-14)24-8-4-5-9-24)19-11-16-22-17(23-26-16)13-6-2-1-3-7-13/h1-3,6-7,10,12H,4-5,8-9,11H2,(H,19,25). The predicted octanol–water partition coefficient (Wildman–Crippen LogP) is 2.06. The summed E-state index contributed by atoms with van der Waals surface area (Å²) in [5, 5.41) is 6.69. The normalized spacial score (nSPS) is 13.8. The first-order valence-electron chi connectivity index (χ1n) is 8.53. The van der Waals surface area contributed by atoms with Crippen LogP contribution in [0.2, 0.25) is 0 Å². The molecule has 1 N–H and O–H groups in total. The summed E-state index contributed by atoms with van der Waals surface area (Å²) in [7, 11) is 0. The summed E-state index contributed by atoms with van der Waals surface area (Å²) in [6.45, 7) is 2.06. The van der Waals surface area contributed by atoms with Gasteiger partial charge in [-0.2, -0.15) is 4.98 Å². The third-order valence-electron chi connectivity index (χ3n) is 4.22. The zero-order valence-electron chi connectivity index (χ0n) is 14.1. The Hall–Kier alpha value is -3.29. The number of hydrogen-bond acceptors (Lipinski definition) is 7. The first kappa shape index (κ1) is 16.2. The Bertz CT molecular complexity index is 889. The predicted molar refractivity (Wildman–Crippen MR) is 94.4 cm³/mol. The number of carbonyl (C=O) groups excluding carboxylic acids is 1. The van der Waals surface area contributed by atoms with E-state index >= 15 is 0 Å². The van der Waals surface area contributed by atoms with Crippen LogP contribution < -0.4 is 10.2 Å². The van der Waals surface area contributed by atoms with Gasteiger partial charge in [-0.3, -0.25) is 4.79 Å². The molecule has 0 unspecified atom stereocenters. The van der Waals surface area contributed by atoms with Crippen molar-refractivity contribution >= 4 is 11.7 Å². The van der Waals surface area contributed by atoms with Crippen molar-refractivity contribution in [2.24, 2.45) is 0 Å². The van der Waals surface area contributed by atoms with Gasteiger partial charge in [0.05, 0.1) is 6.54 Å². The van der Waals surface area contributed by atoms with Crippen LogP contribution in [0.1, 0.15) is 29.2 Å². The van der Waals surface area contributed by atoms with Crippen molar-refractivity contribution in [1.29, 1.82) is 0 Å². The van der Waals surface area contributed by atoms with Crippen LogP contribution in [0, 0.1) is 0 Å². The average molecular weight is 350 g/mol. The van der Waals surface area contributed by atoms with E-state index in [0.29, 0.717) is 17.4 Å². The number of benzene rings is 1. The number of nitrogens with zero attached hydrogens (tertiary/aromatic N) is 5. The minimum Gasteiger partial charge on any atom is -0.357 e. The maximum atomic E-state index is 12.4. The summed E-state index contributed by atoms with van der Waals surface area (Å²) in [4.78, 5) is 27.1. The third-order valence-corrected chi connectivity index (χ3v) is 4.22. The second-order valence-electron chi connectivity index (χ2n) is 6.02. The summed E-state index contributed by atoms with van der Waals surface area (Å²) >= 11 is 0. The molecule has 0 radical (unpaired) electrons. The van der Waals surface area contributed by atoms with Crippen LogP contribution in [0.25, 0.3) is 11.4 Å². The number of rotatable bonds is 5. The Balaban J connectivity index is 1.40. The zero-order chi connectivity index (χ0) is 17.8. The SMILES string of the molecule is O=C(NCc1nc(-c2ccccc2)no1)c1cc(N2CCCC2)ncn1. The highest BCUT2D eigenvalue weighted by atomic mass is 16.5. The van der Waals surface area contributed by atoms with Crippen molar-refractivity contribution in [3.63, 3.8) is 0 Å². The molecule has 1 saturated heterocycles. The maximum Gasteiger partial charge on any atom is 0.270 e. The molecule has 3 aromatic rings. The molecule has 0 spiro atoms. The fourth-order valence-electron chi connectivity index (χ4n) is 2.87. The van der Waals surface area contributed by atoms with E-state index in [1.807, 2.05) is 30.3 Å². The minimum atomic E-state index is -0.299. The summed E-state index contributed by atoms with van der Waals surface area (Å²) in [6, 6.07) is 11.2. The van der Waals surface area contributed by atoms with Crippen LogP contribution in [0.5, 0.6) is 0 Å². The molecule has 8 nitrogen and oxygen atoms in total. The van der Waals surface area contributed by atoms with Crippen LogP contribution in [-0.4, -0.2) is 39.1 Å². The van der Waals surface area contributed by atoms with Gasteiger partial charge in [0.1, 0.15) is 17.8 Å². The molecule has 132 valence electrons. The molecule has 0 aliphatic carbocycles. The highest BCUT2D eigenvalue weighted by Crippen LogP contribution is 2.18. The Kier molecular flexibility index (Phi) is 4.55. The van der Waals surface area contributed by atoms with E-state index in [1.54, 1.807) is 6.07 Å². The Labute approximate surface area is 150 Å². The van der Waals surface area contributed by atoms with E-state index in [9.17, 15) is 4.79 Å². The van der Waals surface area contributed by atoms with Crippen molar-refractivity contribution < 1.29 is 9.32 Å². The van der Waals surface area contributed by atoms with E-state index in [4.69, 9.17) is 4.52 Å². The molecule has 1 aliphatic heterocycles. The molecule has 0 saturated carbocycles. The van der Waals surface area contributed by atoms with Gasteiger partial charge in [0.25, 0.3) is 5.91 Å². The van der Waals surface area contributed by atoms with Crippen molar-refractivity contribution in [2.45, 2.75) is 19.4 Å². The highest BCUT2D eigenvalue weighted by molar-refractivity contribution is 5.92. The summed E-state index contributed by atoms with van der Waals surface area (Å²) in [5.41, 5.74) is 1.18. The van der Waals surface area contributed by atoms with Crippen molar-refractivity contribution in [1.82, 2.24) is 25.4 Å². The van der Waals surface area contributed by atoms with Gasteiger partial charge in [-0.15, -0.1) is 0 Å². The first-order chi connectivity index (χ1) is 12.8. The second kappa shape index (κ2) is 7.30. The highest BCUT2D eigenvalue weighted by Gasteiger charge is 2.17. The maximum absolute atomic E-state index is 12.4. The zero-order valence-corrected chi connectivity index (χ0v) is 14.1. The van der Waals surface area contributed by atoms with E-state index < -0.39 is 0 Å². The largest absolute Gasteiger partial charge is 0.357 e. The molecule has 8 heteroatoms. The molecule has 2 aromatic heterocycles. The third kappa shape index (κ3) is 3.53. The molecular weight excluding hydrogens is 332 g/mol. The van der Waals surface area contributed by atoms with Crippen molar-refractivity contribution in [3.05, 3.63) is 54.3 Å². The lowest BCUT2D eigenvalue weighted by Gasteiger charge is -2.16. The van der Waals surface area contributed by atoms with E-state index in [2.05, 4.69) is 30.3 Å². The van der Waals surface area contributed by atoms with Crippen LogP contribution in [0.4, 0.5) is 5.82 Å². The summed E-state index contributed by atoms with van der Waals surface area (Å²) in [6.07, 6.45) is 3.71. The molecule has 1 fully saturated rings. The molecular formula is C18H18N6O2. The van der Waals surface area contributed by atoms with Gasteiger partial charge in [-0.05, 0) is 12.8 Å². The smallest absolute Gasteiger partial charge is 0.270 e. The lowest BCUT2D eigenvalue weighted by molar-refractivity contribution is 0.0941. The fraction of sp³-hybridized carbons (Fsp3) is 0.278. The molecule has 4 rings (SSSR count). The van der Waals surface area contributed by atoms with E-state index in [0.717, 1.165) is 37.3 Å². The summed E-state index contributed by atoms with van der Waals surface area (Å²) < 4.78 is 5.19. The van der Waals surface area contributed by atoms with Crippen LogP contribution >= 0.6 is 0 Å². The van der Waals surface area contributed by atoms with Crippen LogP contribution in [-0.2, 0) is 6.54 Å². The van der Waals surface area contributed by atoms with E-state index in [1.165, 1.54) is 6.33 Å². The summed E-state index contributed by atoms with van der Waals surface area (Å²) in [5.74, 6) is 1.32. The second-order valence-corrected chi connectivity index (χ2v) is 6.02. The number of aromatic nitrogens is 4. The van der Waals surface area contributed by atoms with Crippen molar-refractivity contribution in [3.8, 4) is 11.4 Å². The number of nitrogens with one attached hydrogen (secondary N) is 1. The van der Waals surface area contributed by atoms with Gasteiger partial charge in [-0.1, -0.05) is 35.5 Å². The average Bonchev–Trinajstić information content (AvgIpc) is 3.39. The molecule has 0 atom stereocenters. The van der Waals surface area contributed by atoms with Crippen LogP contribution in [0.3, 0.4) is 0 Å². The van der Waals surface area contributed by atoms with Crippen molar-refractivity contribution in [2.75, 3.05) is 18.0 Å². The van der Waals surface area contributed by atoms with Gasteiger partial charge in [0, 0.05) is 24.7 Å². The fourth-order valence-corrected chi connectivity index (χ4v) is 2.87. The molecule has 3 heterocycles. The quantitative estimate of drug-likeness (QED) is 0.752. The molecule has 1 amide bonds. The van der Waals surface area contributed by atoms with Gasteiger partial charge in [0.15, 0.2) is 0 Å². The van der Waals surface area contributed by atoms with Gasteiger partial charge in [0.2, 0.25) is 11.7 Å². The molecule has 26 heavy (non-hydrogen) atoms. The number of carbonyl (C=O) groups is 1. The lowest BCUT2D eigenvalue weighted by Crippen LogP contribution is -2.25. The topological polar surface area (TPSA) is 97.0 Å². The first-order valence-corrected chi connectivity index (χ1v) is 8.53. The Morgan fingerprint density at radius 3 is 2.77 bits per heavy atom. The van der Waals surface area contributed by atoms with Gasteiger partial charge in [-0.25, -0.2) is 9.97 Å². The van der Waals surface area contributed by atoms with Gasteiger partial charge < -0.3 is 14.7 Å². The number of hydrogen-bond donors (Lipinski definition) is 1. The minimum absolute atomic E-state index is 0.141. The van der Waals surface area contributed by atoms with E-state index in [-0.39, 0.29) is 12.5 Å². The molecule has 1 aromatic carbocycles. The van der Waals surface area contributed by atoms with Gasteiger partial charge >= 0.3 is 0 Å². The molecule has 0 bridgehead atoms. The Morgan fingerprint density at radius 2 is 1.96 bits per heavy atom. The monoisotopic (exact) mass is 350 g/mol. The number of amides is 1. The Morgan fingerprint density at radius 1 is 1.15 bits per heavy atom. The van der Waals surface area contributed by atoms with Crippen LogP contribution in [0.15, 0.2) is 47.2 Å². The number of anilines is 1.